The van der Waals surface area contributed by atoms with Crippen molar-refractivity contribution in [2.75, 3.05) is 13.2 Å². The maximum Gasteiger partial charge on any atom is 0.389 e. The van der Waals surface area contributed by atoms with Crippen molar-refractivity contribution in [3.05, 3.63) is 0 Å². The second kappa shape index (κ2) is 9.59. The number of halogens is 3. The molecule has 0 aromatic rings. The molecular weight excluding hydrogens is 257 g/mol. The monoisotopic (exact) mass is 282 g/mol. The van der Waals surface area contributed by atoms with Crippen LogP contribution in [-0.2, 0) is 9.47 Å². The van der Waals surface area contributed by atoms with E-state index in [4.69, 9.17) is 9.47 Å². The summed E-state index contributed by atoms with van der Waals surface area (Å²) in [4.78, 5) is 0. The lowest BCUT2D eigenvalue weighted by Crippen LogP contribution is -2.11. The molecule has 5 heteroatoms. The van der Waals surface area contributed by atoms with Crippen LogP contribution in [0.3, 0.4) is 0 Å². The summed E-state index contributed by atoms with van der Waals surface area (Å²) in [7, 11) is 0. The molecule has 1 aliphatic rings. The van der Waals surface area contributed by atoms with Crippen LogP contribution in [0, 0.1) is 0 Å². The Bertz CT molecular complexity index is 213. The van der Waals surface area contributed by atoms with Gasteiger partial charge in [0.15, 0.2) is 6.29 Å². The molecule has 1 aliphatic heterocycles. The minimum atomic E-state index is -3.99. The minimum Gasteiger partial charge on any atom is -0.353 e. The van der Waals surface area contributed by atoms with Gasteiger partial charge in [0.1, 0.15) is 0 Å². The van der Waals surface area contributed by atoms with Gasteiger partial charge >= 0.3 is 6.18 Å². The van der Waals surface area contributed by atoms with E-state index in [1.165, 1.54) is 0 Å². The highest BCUT2D eigenvalue weighted by Crippen LogP contribution is 2.23. The Morgan fingerprint density at radius 1 is 0.947 bits per heavy atom. The molecule has 114 valence electrons. The maximum absolute atomic E-state index is 11.9. The summed E-state index contributed by atoms with van der Waals surface area (Å²) in [5, 5.41) is 0. The average Bonchev–Trinajstić information content (AvgIpc) is 2.83. The molecule has 0 spiro atoms. The summed E-state index contributed by atoms with van der Waals surface area (Å²) in [6, 6.07) is 0. The zero-order chi connectivity index (χ0) is 14.0. The van der Waals surface area contributed by atoms with E-state index in [1.807, 2.05) is 0 Å². The van der Waals surface area contributed by atoms with E-state index in [0.717, 1.165) is 58.2 Å². The number of unbranched alkanes of at least 4 members (excludes halogenated alkanes) is 6. The lowest BCUT2D eigenvalue weighted by molar-refractivity contribution is -0.135. The molecule has 0 aromatic carbocycles. The van der Waals surface area contributed by atoms with E-state index in [-0.39, 0.29) is 12.7 Å². The standard InChI is InChI=1S/C14H25F3O2/c15-14(16,17)10-6-4-2-1-3-5-7-11-18-13-9-8-12-19-13/h13H,1-12H2. The van der Waals surface area contributed by atoms with E-state index in [1.54, 1.807) is 0 Å². The van der Waals surface area contributed by atoms with E-state index in [0.29, 0.717) is 6.42 Å². The number of rotatable bonds is 10. The predicted octanol–water partition coefficient (Wildman–Crippen LogP) is 4.82. The SMILES string of the molecule is FC(F)(F)CCCCCCCCCOC1CCCO1. The molecular formula is C14H25F3O2. The smallest absolute Gasteiger partial charge is 0.353 e. The third kappa shape index (κ3) is 10.2. The summed E-state index contributed by atoms with van der Waals surface area (Å²) in [5.74, 6) is 0. The Balaban J connectivity index is 1.74. The van der Waals surface area contributed by atoms with Gasteiger partial charge in [0.2, 0.25) is 0 Å². The molecule has 0 aromatic heterocycles. The molecule has 19 heavy (non-hydrogen) atoms. The topological polar surface area (TPSA) is 18.5 Å². The van der Waals surface area contributed by atoms with Gasteiger partial charge in [0.05, 0.1) is 0 Å². The average molecular weight is 282 g/mol. The van der Waals surface area contributed by atoms with Crippen LogP contribution in [0.1, 0.15) is 64.2 Å². The predicted molar refractivity (Wildman–Crippen MR) is 67.9 cm³/mol. The maximum atomic E-state index is 11.9. The number of hydrogen-bond acceptors (Lipinski definition) is 2. The molecule has 1 fully saturated rings. The van der Waals surface area contributed by atoms with Crippen LogP contribution in [0.2, 0.25) is 0 Å². The first kappa shape index (κ1) is 16.8. The van der Waals surface area contributed by atoms with Gasteiger partial charge in [-0.1, -0.05) is 32.1 Å². The fourth-order valence-corrected chi connectivity index (χ4v) is 2.21. The summed E-state index contributed by atoms with van der Waals surface area (Å²) in [5.41, 5.74) is 0. The first-order chi connectivity index (χ1) is 9.08. The second-order valence-electron chi connectivity index (χ2n) is 5.15. The van der Waals surface area contributed by atoms with Gasteiger partial charge in [-0.3, -0.25) is 0 Å². The Hall–Kier alpha value is -0.290. The largest absolute Gasteiger partial charge is 0.389 e. The van der Waals surface area contributed by atoms with Crippen molar-refractivity contribution in [1.82, 2.24) is 0 Å². The Morgan fingerprint density at radius 2 is 1.58 bits per heavy atom. The first-order valence-corrected chi connectivity index (χ1v) is 7.38. The fourth-order valence-electron chi connectivity index (χ4n) is 2.21. The second-order valence-corrected chi connectivity index (χ2v) is 5.15. The molecule has 0 N–H and O–H groups in total. The Labute approximate surface area is 113 Å². The summed E-state index contributed by atoms with van der Waals surface area (Å²) < 4.78 is 46.5. The lowest BCUT2D eigenvalue weighted by atomic mass is 10.1. The molecule has 1 rings (SSSR count). The van der Waals surface area contributed by atoms with Gasteiger partial charge in [-0.05, 0) is 19.3 Å². The van der Waals surface area contributed by atoms with Crippen LogP contribution in [0.25, 0.3) is 0 Å². The van der Waals surface area contributed by atoms with E-state index in [2.05, 4.69) is 0 Å². The quantitative estimate of drug-likeness (QED) is 0.535. The van der Waals surface area contributed by atoms with Gasteiger partial charge in [-0.25, -0.2) is 0 Å². The third-order valence-electron chi connectivity index (χ3n) is 3.30. The Kier molecular flexibility index (Phi) is 8.46. The molecule has 1 saturated heterocycles. The molecule has 0 amide bonds. The summed E-state index contributed by atoms with van der Waals surface area (Å²) >= 11 is 0. The third-order valence-corrected chi connectivity index (χ3v) is 3.30. The first-order valence-electron chi connectivity index (χ1n) is 7.38. The minimum absolute atomic E-state index is 0.00219. The molecule has 1 atom stereocenters. The van der Waals surface area contributed by atoms with Crippen LogP contribution >= 0.6 is 0 Å². The number of alkyl halides is 3. The molecule has 0 bridgehead atoms. The van der Waals surface area contributed by atoms with Crippen LogP contribution in [-0.4, -0.2) is 25.7 Å². The number of ether oxygens (including phenoxy) is 2. The zero-order valence-electron chi connectivity index (χ0n) is 11.5. The zero-order valence-corrected chi connectivity index (χ0v) is 11.5. The molecule has 2 nitrogen and oxygen atoms in total. The van der Waals surface area contributed by atoms with Gasteiger partial charge < -0.3 is 9.47 Å². The highest BCUT2D eigenvalue weighted by atomic mass is 19.4. The molecule has 0 radical (unpaired) electrons. The highest BCUT2D eigenvalue weighted by molar-refractivity contribution is 4.55. The normalized spacial score (nSPS) is 20.1. The van der Waals surface area contributed by atoms with Crippen molar-refractivity contribution in [3.8, 4) is 0 Å². The van der Waals surface area contributed by atoms with E-state index >= 15 is 0 Å². The molecule has 1 unspecified atom stereocenters. The van der Waals surface area contributed by atoms with Gasteiger partial charge in [-0.15, -0.1) is 0 Å². The lowest BCUT2D eigenvalue weighted by Gasteiger charge is -2.10. The van der Waals surface area contributed by atoms with Crippen molar-refractivity contribution in [2.45, 2.75) is 76.7 Å². The van der Waals surface area contributed by atoms with Gasteiger partial charge in [0, 0.05) is 26.1 Å². The Morgan fingerprint density at radius 3 is 2.16 bits per heavy atom. The summed E-state index contributed by atoms with van der Waals surface area (Å²) in [6.45, 7) is 1.54. The van der Waals surface area contributed by atoms with Crippen molar-refractivity contribution >= 4 is 0 Å². The van der Waals surface area contributed by atoms with Crippen LogP contribution in [0.4, 0.5) is 13.2 Å². The van der Waals surface area contributed by atoms with Crippen LogP contribution in [0.5, 0.6) is 0 Å². The highest BCUT2D eigenvalue weighted by Gasteiger charge is 2.25. The summed E-state index contributed by atoms with van der Waals surface area (Å²) in [6.07, 6.45) is 3.54. The fraction of sp³-hybridized carbons (Fsp3) is 1.00. The van der Waals surface area contributed by atoms with Crippen molar-refractivity contribution in [2.24, 2.45) is 0 Å². The van der Waals surface area contributed by atoms with Crippen molar-refractivity contribution in [3.63, 3.8) is 0 Å². The van der Waals surface area contributed by atoms with Crippen molar-refractivity contribution < 1.29 is 22.6 Å². The molecule has 1 heterocycles. The molecule has 0 saturated carbocycles. The van der Waals surface area contributed by atoms with E-state index < -0.39 is 12.6 Å². The van der Waals surface area contributed by atoms with Crippen molar-refractivity contribution in [1.29, 1.82) is 0 Å². The van der Waals surface area contributed by atoms with Crippen LogP contribution in [0.15, 0.2) is 0 Å². The number of hydrogen-bond donors (Lipinski definition) is 0. The van der Waals surface area contributed by atoms with Crippen LogP contribution < -0.4 is 0 Å². The van der Waals surface area contributed by atoms with Gasteiger partial charge in [-0.2, -0.15) is 13.2 Å². The van der Waals surface area contributed by atoms with Gasteiger partial charge in [0.25, 0.3) is 0 Å². The molecule has 0 aliphatic carbocycles. The van der Waals surface area contributed by atoms with E-state index in [9.17, 15) is 13.2 Å².